The first-order valence-electron chi connectivity index (χ1n) is 17.4. The summed E-state index contributed by atoms with van der Waals surface area (Å²) in [5, 5.41) is 24.9. The molecule has 54 heavy (non-hydrogen) atoms. The highest BCUT2D eigenvalue weighted by Gasteiger charge is 2.25. The molecule has 2 N–H and O–H groups in total. The molecule has 16 nitrogen and oxygen atoms in total. The zero-order valence-electron chi connectivity index (χ0n) is 29.4. The lowest BCUT2D eigenvalue weighted by atomic mass is 9.97. The van der Waals surface area contributed by atoms with Crippen molar-refractivity contribution >= 4 is 40.8 Å². The van der Waals surface area contributed by atoms with Crippen LogP contribution in [0.4, 0.5) is 5.69 Å². The maximum atomic E-state index is 13.9. The smallest absolute Gasteiger partial charge is 0.305 e. The molecule has 6 rings (SSSR count). The number of anilines is 1. The van der Waals surface area contributed by atoms with Gasteiger partial charge in [0.2, 0.25) is 5.91 Å². The Balaban J connectivity index is 1.22. The van der Waals surface area contributed by atoms with Crippen molar-refractivity contribution in [3.05, 3.63) is 87.5 Å². The fourth-order valence-electron chi connectivity index (χ4n) is 6.08. The van der Waals surface area contributed by atoms with E-state index in [1.165, 1.54) is 17.1 Å². The van der Waals surface area contributed by atoms with Crippen molar-refractivity contribution in [2.45, 2.75) is 45.2 Å². The number of aliphatic carboxylic acids is 1. The molecule has 0 unspecified atom stereocenters. The van der Waals surface area contributed by atoms with Crippen molar-refractivity contribution in [3.63, 3.8) is 0 Å². The number of aromatic nitrogens is 8. The van der Waals surface area contributed by atoms with Gasteiger partial charge in [-0.3, -0.25) is 28.6 Å². The summed E-state index contributed by atoms with van der Waals surface area (Å²) >= 11 is 12.4. The second kappa shape index (κ2) is 18.4. The number of carboxylic acids is 1. The maximum absolute atomic E-state index is 13.9. The fraction of sp³-hybridized carbons (Fsp3) is 0.389. The van der Waals surface area contributed by atoms with Crippen LogP contribution in [0, 0.1) is 5.92 Å². The Hall–Kier alpha value is -5.00. The number of carboxylic acid groups (broad SMARTS) is 1. The predicted molar refractivity (Wildman–Crippen MR) is 199 cm³/mol. The molecule has 1 amide bonds. The molecular weight excluding hydrogens is 741 g/mol. The number of carbonyl (C=O) groups excluding carboxylic acids is 1. The Morgan fingerprint density at radius 3 is 2.50 bits per heavy atom. The highest BCUT2D eigenvalue weighted by molar-refractivity contribution is 6.31. The summed E-state index contributed by atoms with van der Waals surface area (Å²) < 4.78 is 21.3. The van der Waals surface area contributed by atoms with Gasteiger partial charge in [-0.2, -0.15) is 5.10 Å². The topological polar surface area (TPSA) is 190 Å². The lowest BCUT2D eigenvalue weighted by Gasteiger charge is -2.22. The van der Waals surface area contributed by atoms with E-state index in [4.69, 9.17) is 52.5 Å². The minimum Gasteiger partial charge on any atom is -0.481 e. The normalized spacial score (nSPS) is 15.9. The van der Waals surface area contributed by atoms with Gasteiger partial charge in [-0.05, 0) is 43.2 Å². The average Bonchev–Trinajstić information content (AvgIpc) is 3.77. The minimum atomic E-state index is -0.908. The number of rotatable bonds is 15. The molecule has 284 valence electrons. The molecule has 1 aliphatic heterocycles. The number of amides is 1. The lowest BCUT2D eigenvalue weighted by Crippen LogP contribution is -2.27. The van der Waals surface area contributed by atoms with Crippen LogP contribution in [-0.4, -0.2) is 95.9 Å². The number of fused-ring (bicyclic) bond motifs is 4. The fourth-order valence-corrected chi connectivity index (χ4v) is 6.38. The van der Waals surface area contributed by atoms with Gasteiger partial charge in [0.25, 0.3) is 5.56 Å². The van der Waals surface area contributed by atoms with Gasteiger partial charge in [0.1, 0.15) is 0 Å². The highest BCUT2D eigenvalue weighted by Crippen LogP contribution is 2.33. The summed E-state index contributed by atoms with van der Waals surface area (Å²) in [4.78, 5) is 47.2. The average molecular weight is 781 g/mol. The summed E-state index contributed by atoms with van der Waals surface area (Å²) in [7, 11) is 0. The molecule has 0 saturated carbocycles. The highest BCUT2D eigenvalue weighted by atomic mass is 35.5. The maximum Gasteiger partial charge on any atom is 0.305 e. The van der Waals surface area contributed by atoms with Crippen LogP contribution in [0.1, 0.15) is 44.3 Å². The van der Waals surface area contributed by atoms with E-state index in [1.54, 1.807) is 46.0 Å². The summed E-state index contributed by atoms with van der Waals surface area (Å²) in [6.45, 7) is 4.03. The third-order valence-electron chi connectivity index (χ3n) is 8.83. The molecule has 5 aromatic rings. The number of benzene rings is 1. The first kappa shape index (κ1) is 38.7. The molecule has 2 atom stereocenters. The van der Waals surface area contributed by atoms with Gasteiger partial charge in [0.05, 0.1) is 106 Å². The standard InChI is InChI=1S/C36H39Cl2N9O7/c1-23-3-2-4-31(45-22-40-27(19-33(45)48)26-18-25(37)5-6-30(26)47-21-32(38)43-44-47)28-17-24(7-9-39-28)35-29(42-36(23)51)20-41-46(35)10-12-53-14-16-54-15-13-52-11-8-34(49)50/h5-7,9,17-23,31H,2-4,8,10-16H2,1H3,(H,42,51)(H,49,50)/t23-,31+/m1/s1. The number of halogens is 2. The Bertz CT molecular complexity index is 2140. The van der Waals surface area contributed by atoms with E-state index in [-0.39, 0.29) is 35.6 Å². The van der Waals surface area contributed by atoms with E-state index in [2.05, 4.69) is 20.7 Å². The number of nitrogens with one attached hydrogen (secondary N) is 1. The Labute approximate surface area is 320 Å². The van der Waals surface area contributed by atoms with Crippen molar-refractivity contribution in [2.75, 3.05) is 45.0 Å². The van der Waals surface area contributed by atoms with Gasteiger partial charge < -0.3 is 24.6 Å². The minimum absolute atomic E-state index is 0.0500. The van der Waals surface area contributed by atoms with Crippen LogP contribution >= 0.6 is 23.2 Å². The first-order valence-corrected chi connectivity index (χ1v) is 18.2. The van der Waals surface area contributed by atoms with Crippen LogP contribution < -0.4 is 10.9 Å². The number of hydrogen-bond donors (Lipinski definition) is 2. The van der Waals surface area contributed by atoms with Crippen LogP contribution in [0.15, 0.2) is 66.1 Å². The largest absolute Gasteiger partial charge is 0.481 e. The molecule has 0 saturated heterocycles. The van der Waals surface area contributed by atoms with E-state index in [0.29, 0.717) is 97.9 Å². The van der Waals surface area contributed by atoms with Gasteiger partial charge >= 0.3 is 5.97 Å². The molecule has 0 radical (unpaired) electrons. The van der Waals surface area contributed by atoms with E-state index >= 15 is 0 Å². The predicted octanol–water partition coefficient (Wildman–Crippen LogP) is 4.93. The number of pyridine rings is 1. The van der Waals surface area contributed by atoms with Crippen LogP contribution in [0.2, 0.25) is 10.2 Å². The van der Waals surface area contributed by atoms with E-state index in [1.807, 2.05) is 19.1 Å². The second-order valence-electron chi connectivity index (χ2n) is 12.6. The number of hydrogen-bond acceptors (Lipinski definition) is 11. The van der Waals surface area contributed by atoms with E-state index in [9.17, 15) is 14.4 Å². The summed E-state index contributed by atoms with van der Waals surface area (Å²) in [6.07, 6.45) is 8.09. The number of ether oxygens (including phenoxy) is 3. The van der Waals surface area contributed by atoms with Crippen molar-refractivity contribution in [3.8, 4) is 28.2 Å². The van der Waals surface area contributed by atoms with Gasteiger partial charge in [-0.1, -0.05) is 41.8 Å². The van der Waals surface area contributed by atoms with Crippen molar-refractivity contribution in [2.24, 2.45) is 5.92 Å². The van der Waals surface area contributed by atoms with Crippen molar-refractivity contribution in [1.82, 2.24) is 39.3 Å². The monoisotopic (exact) mass is 779 g/mol. The lowest BCUT2D eigenvalue weighted by molar-refractivity contribution is -0.138. The molecule has 1 aromatic carbocycles. The Kier molecular flexibility index (Phi) is 13.2. The molecule has 4 aromatic heterocycles. The Morgan fingerprint density at radius 2 is 1.76 bits per heavy atom. The van der Waals surface area contributed by atoms with Crippen LogP contribution in [0.3, 0.4) is 0 Å². The van der Waals surface area contributed by atoms with Crippen LogP contribution in [-0.2, 0) is 30.3 Å². The van der Waals surface area contributed by atoms with Gasteiger partial charge in [-0.15, -0.1) is 5.10 Å². The molecule has 1 aliphatic rings. The molecule has 18 heteroatoms. The summed E-state index contributed by atoms with van der Waals surface area (Å²) in [5.74, 6) is -1.34. The molecule has 0 spiro atoms. The number of carbonyl (C=O) groups is 2. The second-order valence-corrected chi connectivity index (χ2v) is 13.4. The van der Waals surface area contributed by atoms with Crippen LogP contribution in [0.25, 0.3) is 28.2 Å². The third-order valence-corrected chi connectivity index (χ3v) is 9.23. The zero-order chi connectivity index (χ0) is 38.0. The Morgan fingerprint density at radius 1 is 0.981 bits per heavy atom. The van der Waals surface area contributed by atoms with E-state index < -0.39 is 12.0 Å². The SMILES string of the molecule is C[C@@H]1CCC[C@H](n2cnc(-c3cc(Cl)ccc3-n3cc(Cl)nn3)cc2=O)c2cc(ccn2)-c2c(cnn2CCOCCOCCOCCC(=O)O)NC1=O. The van der Waals surface area contributed by atoms with Crippen LogP contribution in [0.5, 0.6) is 0 Å². The van der Waals surface area contributed by atoms with Gasteiger partial charge in [0.15, 0.2) is 5.15 Å². The molecule has 0 fully saturated rings. The number of nitrogens with zero attached hydrogens (tertiary/aromatic N) is 8. The van der Waals surface area contributed by atoms with Crippen molar-refractivity contribution < 1.29 is 28.9 Å². The zero-order valence-corrected chi connectivity index (χ0v) is 30.9. The van der Waals surface area contributed by atoms with Gasteiger partial charge in [0, 0.05) is 34.3 Å². The van der Waals surface area contributed by atoms with Crippen molar-refractivity contribution in [1.29, 1.82) is 0 Å². The molecular formula is C36H39Cl2N9O7. The van der Waals surface area contributed by atoms with Gasteiger partial charge in [-0.25, -0.2) is 9.67 Å². The van der Waals surface area contributed by atoms with E-state index in [0.717, 1.165) is 5.56 Å². The molecule has 0 aliphatic carbocycles. The molecule has 5 heterocycles. The molecule has 2 bridgehead atoms. The quantitative estimate of drug-likeness (QED) is 0.137. The first-order chi connectivity index (χ1) is 26.2. The summed E-state index contributed by atoms with van der Waals surface area (Å²) in [5.41, 5.74) is 3.91. The summed E-state index contributed by atoms with van der Waals surface area (Å²) in [6, 6.07) is 9.89. The third kappa shape index (κ3) is 9.75.